The van der Waals surface area contributed by atoms with Crippen molar-refractivity contribution >= 4 is 26.6 Å². The van der Waals surface area contributed by atoms with Gasteiger partial charge in [-0.15, -0.1) is 0 Å². The fraction of sp³-hybridized carbons (Fsp3) is 0.143. The first-order valence-corrected chi connectivity index (χ1v) is 8.66. The normalized spacial score (nSPS) is 10.9. The Morgan fingerprint density at radius 3 is 1.68 bits per heavy atom. The van der Waals surface area contributed by atoms with Gasteiger partial charge in [0.25, 0.3) is 0 Å². The van der Waals surface area contributed by atoms with Crippen molar-refractivity contribution in [2.45, 2.75) is 0 Å². The van der Waals surface area contributed by atoms with Crippen LogP contribution in [0.4, 0.5) is 0 Å². The molecule has 0 amide bonds. The summed E-state index contributed by atoms with van der Waals surface area (Å²) in [6.45, 7) is 0. The van der Waals surface area contributed by atoms with E-state index in [0.29, 0.717) is 6.16 Å². The molecule has 0 spiro atoms. The molecule has 0 N–H and O–H groups in total. The summed E-state index contributed by atoms with van der Waals surface area (Å²) in [5.41, 5.74) is 0. The summed E-state index contributed by atoms with van der Waals surface area (Å²) in [6.07, 6.45) is 0.951. The molecule has 0 saturated carbocycles. The molecule has 0 bridgehead atoms. The van der Waals surface area contributed by atoms with Crippen LogP contribution in [-0.4, -0.2) is 12.3 Å². The quantitative estimate of drug-likeness (QED) is 0.537. The van der Waals surface area contributed by atoms with Gasteiger partial charge in [0.15, 0.2) is 0 Å². The van der Waals surface area contributed by atoms with E-state index in [9.17, 15) is 9.46 Å². The van der Waals surface area contributed by atoms with Gasteiger partial charge in [-0.2, -0.15) is 0 Å². The van der Waals surface area contributed by atoms with Crippen LogP contribution < -0.4 is 45.1 Å². The van der Waals surface area contributed by atoms with Crippen molar-refractivity contribution in [1.82, 2.24) is 0 Å². The number of rotatable bonds is 5. The molecule has 0 saturated heterocycles. The van der Waals surface area contributed by atoms with Gasteiger partial charge >= 0.3 is 37.6 Å². The molecule has 0 fully saturated rings. The summed E-state index contributed by atoms with van der Waals surface area (Å²) in [7, 11) is -2.86. The topological polar surface area (TPSA) is 40.1 Å². The first-order chi connectivity index (χ1) is 8.77. The summed E-state index contributed by atoms with van der Waals surface area (Å²) in [6, 6.07) is 20.3. The molecular formula is C14H14NaO2P2+. The minimum Gasteiger partial charge on any atom is -0.596 e. The third-order valence-electron chi connectivity index (χ3n) is 2.64. The van der Waals surface area contributed by atoms with Crippen molar-refractivity contribution < 1.29 is 39.0 Å². The van der Waals surface area contributed by atoms with E-state index < -0.39 is 15.9 Å². The van der Waals surface area contributed by atoms with Crippen LogP contribution in [0.1, 0.15) is 0 Å². The van der Waals surface area contributed by atoms with Crippen LogP contribution in [0.25, 0.3) is 0 Å². The van der Waals surface area contributed by atoms with E-state index in [4.69, 9.17) is 0 Å². The molecule has 0 aromatic heterocycles. The van der Waals surface area contributed by atoms with Crippen molar-refractivity contribution in [2.24, 2.45) is 0 Å². The molecule has 5 heteroatoms. The van der Waals surface area contributed by atoms with Gasteiger partial charge in [0.2, 0.25) is 0 Å². The van der Waals surface area contributed by atoms with E-state index in [2.05, 4.69) is 24.3 Å². The summed E-state index contributed by atoms with van der Waals surface area (Å²) in [5, 5.41) is 2.46. The van der Waals surface area contributed by atoms with Crippen molar-refractivity contribution in [3.63, 3.8) is 0 Å². The molecule has 1 atom stereocenters. The van der Waals surface area contributed by atoms with Gasteiger partial charge in [-0.25, -0.2) is 0 Å². The Labute approximate surface area is 138 Å². The number of benzene rings is 2. The standard InChI is InChI=1S/C14H14O2P2.Na/c15-18(16)12-11-17(13-7-3-1-4-8-13)14-9-5-2-6-10-14;/h1-10H,11-12H2;/q;+1. The average Bonchev–Trinajstić information content (AvgIpc) is 2.41. The van der Waals surface area contributed by atoms with E-state index >= 15 is 0 Å². The Bertz CT molecular complexity index is 466. The Hall–Kier alpha value is -0.0700. The van der Waals surface area contributed by atoms with Gasteiger partial charge in [-0.1, -0.05) is 65.2 Å². The van der Waals surface area contributed by atoms with Gasteiger partial charge in [0, 0.05) is 6.16 Å². The van der Waals surface area contributed by atoms with Gasteiger partial charge in [-0.3, -0.25) is 0 Å². The smallest absolute Gasteiger partial charge is 0.596 e. The van der Waals surface area contributed by atoms with Crippen LogP contribution in [0.15, 0.2) is 60.7 Å². The maximum absolute atomic E-state index is 10.8. The SMILES string of the molecule is O=[P+]([O-])CCP(c1ccccc1)c1ccccc1.[Na+]. The second-order valence-corrected chi connectivity index (χ2v) is 7.33. The Morgan fingerprint density at radius 2 is 1.32 bits per heavy atom. The van der Waals surface area contributed by atoms with Crippen LogP contribution in [0.5, 0.6) is 0 Å². The van der Waals surface area contributed by atoms with E-state index in [1.807, 2.05) is 36.4 Å². The molecule has 0 aliphatic carbocycles. The Morgan fingerprint density at radius 1 is 0.895 bits per heavy atom. The van der Waals surface area contributed by atoms with E-state index in [1.165, 1.54) is 10.6 Å². The van der Waals surface area contributed by atoms with Crippen LogP contribution >= 0.6 is 15.9 Å². The molecule has 1 unspecified atom stereocenters. The third kappa shape index (κ3) is 5.44. The van der Waals surface area contributed by atoms with E-state index in [-0.39, 0.29) is 35.7 Å². The molecule has 2 aromatic rings. The zero-order valence-corrected chi connectivity index (χ0v) is 14.7. The fourth-order valence-electron chi connectivity index (χ4n) is 1.80. The predicted octanol–water partition coefficient (Wildman–Crippen LogP) is -0.774. The third-order valence-corrected chi connectivity index (χ3v) is 6.10. The molecule has 0 aliphatic rings. The summed E-state index contributed by atoms with van der Waals surface area (Å²) in [5.74, 6) is 0. The second-order valence-electron chi connectivity index (χ2n) is 3.88. The molecule has 19 heavy (non-hydrogen) atoms. The van der Waals surface area contributed by atoms with Crippen LogP contribution in [0.3, 0.4) is 0 Å². The molecule has 0 aliphatic heterocycles. The molecule has 92 valence electrons. The van der Waals surface area contributed by atoms with Crippen molar-refractivity contribution in [1.29, 1.82) is 0 Å². The molecule has 2 aromatic carbocycles. The van der Waals surface area contributed by atoms with Crippen molar-refractivity contribution in [3.05, 3.63) is 60.7 Å². The van der Waals surface area contributed by atoms with Crippen LogP contribution in [-0.2, 0) is 4.57 Å². The molecule has 0 heterocycles. The molecule has 2 nitrogen and oxygen atoms in total. The Balaban J connectivity index is 0.00000180. The molecule has 2 rings (SSSR count). The second kappa shape index (κ2) is 8.97. The van der Waals surface area contributed by atoms with Gasteiger partial charge in [0.05, 0.1) is 0 Å². The molecular weight excluding hydrogens is 285 g/mol. The maximum Gasteiger partial charge on any atom is 1.00 e. The summed E-state index contributed by atoms with van der Waals surface area (Å²) in [4.78, 5) is 10.8. The summed E-state index contributed by atoms with van der Waals surface area (Å²) < 4.78 is 10.8. The first kappa shape index (κ1) is 17.0. The fourth-order valence-corrected chi connectivity index (χ4v) is 5.14. The molecule has 0 radical (unpaired) electrons. The van der Waals surface area contributed by atoms with Gasteiger partial charge < -0.3 is 4.89 Å². The summed E-state index contributed by atoms with van der Waals surface area (Å²) >= 11 is 0. The minimum absolute atomic E-state index is 0. The zero-order chi connectivity index (χ0) is 12.8. The zero-order valence-electron chi connectivity index (χ0n) is 10.9. The minimum atomic E-state index is -2.30. The monoisotopic (exact) mass is 299 g/mol. The van der Waals surface area contributed by atoms with Crippen LogP contribution in [0.2, 0.25) is 0 Å². The first-order valence-electron chi connectivity index (χ1n) is 5.77. The van der Waals surface area contributed by atoms with Gasteiger partial charge in [0.1, 0.15) is 6.16 Å². The van der Waals surface area contributed by atoms with Crippen molar-refractivity contribution in [2.75, 3.05) is 12.3 Å². The van der Waals surface area contributed by atoms with E-state index in [1.54, 1.807) is 0 Å². The van der Waals surface area contributed by atoms with E-state index in [0.717, 1.165) is 0 Å². The maximum atomic E-state index is 10.8. The predicted molar refractivity (Wildman–Crippen MR) is 76.4 cm³/mol. The largest absolute Gasteiger partial charge is 1.00 e. The van der Waals surface area contributed by atoms with Crippen molar-refractivity contribution in [3.8, 4) is 0 Å². The van der Waals surface area contributed by atoms with Crippen LogP contribution in [0, 0.1) is 0 Å². The number of hydrogen-bond acceptors (Lipinski definition) is 2. The average molecular weight is 299 g/mol. The Kier molecular flexibility index (Phi) is 8.02. The van der Waals surface area contributed by atoms with Gasteiger partial charge in [-0.05, 0) is 18.5 Å². The number of hydrogen-bond donors (Lipinski definition) is 0.